The molecule has 0 bridgehead atoms. The van der Waals surface area contributed by atoms with Crippen LogP contribution in [0, 0.1) is 11.7 Å². The Balaban J connectivity index is 1.39. The van der Waals surface area contributed by atoms with E-state index in [2.05, 4.69) is 20.6 Å². The van der Waals surface area contributed by atoms with E-state index in [1.54, 1.807) is 12.0 Å². The van der Waals surface area contributed by atoms with Gasteiger partial charge in [0.25, 0.3) is 0 Å². The van der Waals surface area contributed by atoms with Crippen LogP contribution < -0.4 is 20.3 Å². The number of hydrogen-bond donors (Lipinski definition) is 3. The molecule has 1 unspecified atom stereocenters. The number of carbonyl (C=O) groups excluding carboxylic acids is 1. The summed E-state index contributed by atoms with van der Waals surface area (Å²) in [6.07, 6.45) is 3.51. The monoisotopic (exact) mass is 535 g/mol. The zero-order chi connectivity index (χ0) is 27.8. The van der Waals surface area contributed by atoms with Gasteiger partial charge in [0.2, 0.25) is 11.7 Å². The van der Waals surface area contributed by atoms with E-state index in [1.807, 2.05) is 55.5 Å². The summed E-state index contributed by atoms with van der Waals surface area (Å²) in [6.45, 7) is 3.35. The number of halogens is 1. The summed E-state index contributed by atoms with van der Waals surface area (Å²) < 4.78 is 20.2. The predicted octanol–water partition coefficient (Wildman–Crippen LogP) is 4.14. The molecule has 3 N–H and O–H groups in total. The van der Waals surface area contributed by atoms with Crippen LogP contribution in [-0.4, -0.2) is 59.7 Å². The van der Waals surface area contributed by atoms with Gasteiger partial charge in [-0.3, -0.25) is 4.79 Å². The van der Waals surface area contributed by atoms with Gasteiger partial charge < -0.3 is 25.4 Å². The van der Waals surface area contributed by atoms with Crippen LogP contribution in [0.1, 0.15) is 31.7 Å². The van der Waals surface area contributed by atoms with Crippen LogP contribution in [0.15, 0.2) is 54.9 Å². The number of carboxylic acid groups (broad SMARTS) is 1. The molecular formula is C29H34FN5O4. The van der Waals surface area contributed by atoms with Gasteiger partial charge in [-0.05, 0) is 48.1 Å². The van der Waals surface area contributed by atoms with Gasteiger partial charge in [0, 0.05) is 26.1 Å². The average Bonchev–Trinajstić information content (AvgIpc) is 2.96. The van der Waals surface area contributed by atoms with Gasteiger partial charge >= 0.3 is 5.97 Å². The molecule has 0 spiro atoms. The Morgan fingerprint density at radius 1 is 1.13 bits per heavy atom. The summed E-state index contributed by atoms with van der Waals surface area (Å²) in [7, 11) is 1.62. The summed E-state index contributed by atoms with van der Waals surface area (Å²) >= 11 is 0. The number of nitrogens with one attached hydrogen (secondary N) is 2. The Morgan fingerprint density at radius 3 is 2.46 bits per heavy atom. The fourth-order valence-electron chi connectivity index (χ4n) is 4.67. The number of hydrogen-bond acceptors (Lipinski definition) is 7. The molecule has 10 heteroatoms. The molecule has 9 nitrogen and oxygen atoms in total. The second kappa shape index (κ2) is 13.0. The van der Waals surface area contributed by atoms with E-state index in [1.165, 1.54) is 6.33 Å². The highest BCUT2D eigenvalue weighted by molar-refractivity contribution is 5.85. The molecular weight excluding hydrogens is 501 g/mol. The Labute approximate surface area is 227 Å². The molecule has 0 saturated carbocycles. The molecule has 206 valence electrons. The SMILES string of the molecule is CCCNc1ncnc(N2CCCC(C(=O)N[C@@H](Cc3ccc(-c4ccc(OC)cc4)cc3)C(=O)O)C2)c1F. The smallest absolute Gasteiger partial charge is 0.326 e. The van der Waals surface area contributed by atoms with Crippen LogP contribution in [0.4, 0.5) is 16.0 Å². The zero-order valence-corrected chi connectivity index (χ0v) is 22.2. The lowest BCUT2D eigenvalue weighted by Gasteiger charge is -2.33. The minimum Gasteiger partial charge on any atom is -0.497 e. The summed E-state index contributed by atoms with van der Waals surface area (Å²) in [6, 6.07) is 14.2. The van der Waals surface area contributed by atoms with E-state index < -0.39 is 23.7 Å². The summed E-state index contributed by atoms with van der Waals surface area (Å²) in [5.74, 6) is -1.45. The van der Waals surface area contributed by atoms with Gasteiger partial charge in [0.15, 0.2) is 11.6 Å². The minimum atomic E-state index is -1.11. The number of aliphatic carboxylic acids is 1. The number of benzene rings is 2. The van der Waals surface area contributed by atoms with Crippen LogP contribution >= 0.6 is 0 Å². The Bertz CT molecular complexity index is 1270. The van der Waals surface area contributed by atoms with Crippen molar-refractivity contribution in [1.29, 1.82) is 0 Å². The summed E-state index contributed by atoms with van der Waals surface area (Å²) in [4.78, 5) is 35.0. The van der Waals surface area contributed by atoms with Crippen molar-refractivity contribution < 1.29 is 23.8 Å². The number of anilines is 2. The maximum absolute atomic E-state index is 15.0. The number of piperidine rings is 1. The Kier molecular flexibility index (Phi) is 9.30. The van der Waals surface area contributed by atoms with Crippen LogP contribution in [0.25, 0.3) is 11.1 Å². The number of rotatable bonds is 11. The first kappa shape index (κ1) is 27.8. The molecule has 2 atom stereocenters. The second-order valence-electron chi connectivity index (χ2n) is 9.60. The molecule has 1 aliphatic heterocycles. The number of nitrogens with zero attached hydrogens (tertiary/aromatic N) is 3. The topological polar surface area (TPSA) is 117 Å². The first-order chi connectivity index (χ1) is 18.9. The molecule has 1 amide bonds. The molecule has 0 aliphatic carbocycles. The van der Waals surface area contributed by atoms with Crippen molar-refractivity contribution in [1.82, 2.24) is 15.3 Å². The average molecular weight is 536 g/mol. The number of ether oxygens (including phenoxy) is 1. The minimum absolute atomic E-state index is 0.136. The van der Waals surface area contributed by atoms with E-state index >= 15 is 4.39 Å². The van der Waals surface area contributed by atoms with E-state index in [9.17, 15) is 14.7 Å². The van der Waals surface area contributed by atoms with Crippen molar-refractivity contribution in [3.05, 3.63) is 66.2 Å². The maximum atomic E-state index is 15.0. The first-order valence-electron chi connectivity index (χ1n) is 13.2. The first-order valence-corrected chi connectivity index (χ1v) is 13.2. The van der Waals surface area contributed by atoms with E-state index in [-0.39, 0.29) is 30.5 Å². The molecule has 4 rings (SSSR count). The molecule has 1 fully saturated rings. The van der Waals surface area contributed by atoms with Gasteiger partial charge in [0.05, 0.1) is 13.0 Å². The molecule has 1 aromatic heterocycles. The zero-order valence-electron chi connectivity index (χ0n) is 22.2. The number of carboxylic acids is 1. The Morgan fingerprint density at radius 2 is 1.82 bits per heavy atom. The number of amides is 1. The number of methoxy groups -OCH3 is 1. The van der Waals surface area contributed by atoms with E-state index in [0.29, 0.717) is 25.9 Å². The van der Waals surface area contributed by atoms with Crippen LogP contribution in [-0.2, 0) is 16.0 Å². The van der Waals surface area contributed by atoms with Crippen molar-refractivity contribution in [2.75, 3.05) is 37.0 Å². The highest BCUT2D eigenvalue weighted by atomic mass is 19.1. The molecule has 1 saturated heterocycles. The highest BCUT2D eigenvalue weighted by Crippen LogP contribution is 2.27. The predicted molar refractivity (Wildman–Crippen MR) is 147 cm³/mol. The molecule has 2 heterocycles. The third-order valence-electron chi connectivity index (χ3n) is 6.84. The van der Waals surface area contributed by atoms with Gasteiger partial charge in [-0.2, -0.15) is 4.39 Å². The van der Waals surface area contributed by atoms with Crippen molar-refractivity contribution >= 4 is 23.5 Å². The molecule has 39 heavy (non-hydrogen) atoms. The van der Waals surface area contributed by atoms with Gasteiger partial charge in [-0.25, -0.2) is 14.8 Å². The second-order valence-corrected chi connectivity index (χ2v) is 9.60. The quantitative estimate of drug-likeness (QED) is 0.336. The van der Waals surface area contributed by atoms with Crippen LogP contribution in [0.2, 0.25) is 0 Å². The fourth-order valence-corrected chi connectivity index (χ4v) is 4.67. The molecule has 3 aromatic rings. The summed E-state index contributed by atoms with van der Waals surface area (Å²) in [5, 5.41) is 15.5. The number of carbonyl (C=O) groups is 2. The van der Waals surface area contributed by atoms with Crippen LogP contribution in [0.5, 0.6) is 5.75 Å². The van der Waals surface area contributed by atoms with Crippen molar-refractivity contribution in [2.45, 2.75) is 38.6 Å². The van der Waals surface area contributed by atoms with Gasteiger partial charge in [-0.1, -0.05) is 43.3 Å². The molecule has 0 radical (unpaired) electrons. The van der Waals surface area contributed by atoms with E-state index in [4.69, 9.17) is 4.74 Å². The highest BCUT2D eigenvalue weighted by Gasteiger charge is 2.31. The standard InChI is InChI=1S/C29H34FN5O4/c1-3-14-31-26-25(30)27(33-18-32-26)35-15-4-5-22(17-35)28(36)34-24(29(37)38)16-19-6-8-20(9-7-19)21-10-12-23(39-2)13-11-21/h6-13,18,22,24H,3-5,14-17H2,1-2H3,(H,34,36)(H,37,38)(H,31,32,33)/t22?,24-/m0/s1. The number of aromatic nitrogens is 2. The third kappa shape index (κ3) is 7.01. The molecule has 1 aliphatic rings. The lowest BCUT2D eigenvalue weighted by molar-refractivity contribution is -0.142. The maximum Gasteiger partial charge on any atom is 0.326 e. The van der Waals surface area contributed by atoms with Crippen molar-refractivity contribution in [2.24, 2.45) is 5.92 Å². The van der Waals surface area contributed by atoms with Crippen LogP contribution in [0.3, 0.4) is 0 Å². The lowest BCUT2D eigenvalue weighted by Crippen LogP contribution is -2.49. The molecule has 2 aromatic carbocycles. The van der Waals surface area contributed by atoms with Gasteiger partial charge in [0.1, 0.15) is 18.1 Å². The lowest BCUT2D eigenvalue weighted by atomic mass is 9.95. The van der Waals surface area contributed by atoms with Crippen molar-refractivity contribution in [3.63, 3.8) is 0 Å². The third-order valence-corrected chi connectivity index (χ3v) is 6.84. The largest absolute Gasteiger partial charge is 0.497 e. The van der Waals surface area contributed by atoms with E-state index in [0.717, 1.165) is 28.9 Å². The fraction of sp³-hybridized carbons (Fsp3) is 0.379. The summed E-state index contributed by atoms with van der Waals surface area (Å²) in [5.41, 5.74) is 2.80. The van der Waals surface area contributed by atoms with Crippen molar-refractivity contribution in [3.8, 4) is 16.9 Å². The van der Waals surface area contributed by atoms with Gasteiger partial charge in [-0.15, -0.1) is 0 Å². The normalized spacial score (nSPS) is 15.9. The Hall–Kier alpha value is -4.21.